The van der Waals surface area contributed by atoms with E-state index in [2.05, 4.69) is 9.46 Å². The van der Waals surface area contributed by atoms with Gasteiger partial charge in [0.05, 0.1) is 23.1 Å². The topological polar surface area (TPSA) is 72.5 Å². The molecule has 29 heavy (non-hydrogen) atoms. The summed E-state index contributed by atoms with van der Waals surface area (Å²) < 4.78 is 83.0. The van der Waals surface area contributed by atoms with Gasteiger partial charge >= 0.3 is 12.1 Å². The van der Waals surface area contributed by atoms with Crippen LogP contribution in [0.1, 0.15) is 33.5 Å². The number of ether oxygens (including phenoxy) is 1. The molecule has 0 bridgehead atoms. The number of hydrogen-bond donors (Lipinski definition) is 1. The maximum atomic E-state index is 13.6. The van der Waals surface area contributed by atoms with E-state index >= 15 is 0 Å². The van der Waals surface area contributed by atoms with Crippen LogP contribution in [0.4, 0.5) is 17.6 Å². The number of rotatable bonds is 7. The van der Waals surface area contributed by atoms with Crippen molar-refractivity contribution in [2.24, 2.45) is 0 Å². The van der Waals surface area contributed by atoms with E-state index in [4.69, 9.17) is 0 Å². The van der Waals surface area contributed by atoms with Crippen molar-refractivity contribution in [3.8, 4) is 0 Å². The predicted octanol–water partition coefficient (Wildman–Crippen LogP) is 3.85. The van der Waals surface area contributed by atoms with E-state index < -0.39 is 33.5 Å². The first kappa shape index (κ1) is 22.8. The van der Waals surface area contributed by atoms with Crippen LogP contribution in [0.2, 0.25) is 0 Å². The number of carbonyl (C=O) groups is 1. The molecule has 0 saturated heterocycles. The lowest BCUT2D eigenvalue weighted by Crippen LogP contribution is -2.25. The molecule has 0 aromatic heterocycles. The van der Waals surface area contributed by atoms with E-state index in [1.807, 2.05) is 0 Å². The molecular weight excluding hydrogens is 414 g/mol. The maximum Gasteiger partial charge on any atom is 0.419 e. The van der Waals surface area contributed by atoms with Gasteiger partial charge in [-0.05, 0) is 55.2 Å². The van der Waals surface area contributed by atoms with Crippen molar-refractivity contribution in [3.05, 3.63) is 64.5 Å². The smallest absolute Gasteiger partial charge is 0.419 e. The van der Waals surface area contributed by atoms with E-state index in [-0.39, 0.29) is 29.8 Å². The molecule has 158 valence electrons. The van der Waals surface area contributed by atoms with E-state index in [9.17, 15) is 30.8 Å². The van der Waals surface area contributed by atoms with Gasteiger partial charge in [-0.15, -0.1) is 0 Å². The zero-order valence-electron chi connectivity index (χ0n) is 15.6. The summed E-state index contributed by atoms with van der Waals surface area (Å²) in [6, 6.07) is 6.63. The highest BCUT2D eigenvalue weighted by Crippen LogP contribution is 2.31. The predicted molar refractivity (Wildman–Crippen MR) is 97.4 cm³/mol. The Morgan fingerprint density at radius 3 is 2.41 bits per heavy atom. The normalized spacial score (nSPS) is 12.1. The molecule has 2 aromatic rings. The van der Waals surface area contributed by atoms with Gasteiger partial charge in [-0.25, -0.2) is 22.3 Å². The average molecular weight is 433 g/mol. The Kier molecular flexibility index (Phi) is 7.02. The molecule has 0 aliphatic heterocycles. The summed E-state index contributed by atoms with van der Waals surface area (Å²) in [5.74, 6) is -2.03. The number of carbonyl (C=O) groups excluding carboxylic acids is 1. The fraction of sp³-hybridized carbons (Fsp3) is 0.316. The third-order valence-electron chi connectivity index (χ3n) is 4.20. The Labute approximate surface area is 165 Å². The molecule has 0 unspecified atom stereocenters. The van der Waals surface area contributed by atoms with Crippen LogP contribution in [-0.2, 0) is 27.4 Å². The molecule has 0 atom stereocenters. The minimum atomic E-state index is -4.77. The Bertz CT molecular complexity index is 1000. The van der Waals surface area contributed by atoms with Gasteiger partial charge in [0.2, 0.25) is 10.0 Å². The zero-order valence-corrected chi connectivity index (χ0v) is 16.5. The number of esters is 1. The minimum absolute atomic E-state index is 0.0214. The van der Waals surface area contributed by atoms with E-state index in [0.717, 1.165) is 12.1 Å². The summed E-state index contributed by atoms with van der Waals surface area (Å²) in [7, 11) is -2.72. The standard InChI is InChI=1S/C19H19F4NO4S/c1-12-5-7-14(11-15(12)18(25)28-2)29(26,27)24-9-3-4-13-6-8-16(17(20)10-13)19(21,22)23/h5-8,10-11,24H,3-4,9H2,1-2H3. The number of halogens is 4. The van der Waals surface area contributed by atoms with Gasteiger partial charge in [0.1, 0.15) is 5.82 Å². The highest BCUT2D eigenvalue weighted by molar-refractivity contribution is 7.89. The average Bonchev–Trinajstić information content (AvgIpc) is 2.64. The second-order valence-corrected chi connectivity index (χ2v) is 8.05. The van der Waals surface area contributed by atoms with Crippen LogP contribution in [-0.4, -0.2) is 28.0 Å². The maximum absolute atomic E-state index is 13.6. The lowest BCUT2D eigenvalue weighted by molar-refractivity contribution is -0.140. The summed E-state index contributed by atoms with van der Waals surface area (Å²) in [4.78, 5) is 11.6. The monoisotopic (exact) mass is 433 g/mol. The third-order valence-corrected chi connectivity index (χ3v) is 5.66. The van der Waals surface area contributed by atoms with Crippen LogP contribution >= 0.6 is 0 Å². The number of methoxy groups -OCH3 is 1. The van der Waals surface area contributed by atoms with E-state index in [0.29, 0.717) is 17.2 Å². The van der Waals surface area contributed by atoms with Crippen molar-refractivity contribution in [1.29, 1.82) is 0 Å². The molecule has 1 N–H and O–H groups in total. The molecule has 2 aromatic carbocycles. The van der Waals surface area contributed by atoms with Crippen LogP contribution in [0.3, 0.4) is 0 Å². The van der Waals surface area contributed by atoms with Crippen molar-refractivity contribution >= 4 is 16.0 Å². The molecule has 0 aliphatic carbocycles. The molecule has 0 heterocycles. The number of benzene rings is 2. The van der Waals surface area contributed by atoms with Crippen molar-refractivity contribution in [1.82, 2.24) is 4.72 Å². The molecule has 0 saturated carbocycles. The highest BCUT2D eigenvalue weighted by Gasteiger charge is 2.33. The van der Waals surface area contributed by atoms with Crippen molar-refractivity contribution in [3.63, 3.8) is 0 Å². The summed E-state index contributed by atoms with van der Waals surface area (Å²) >= 11 is 0. The largest absolute Gasteiger partial charge is 0.465 e. The van der Waals surface area contributed by atoms with Crippen LogP contribution in [0.5, 0.6) is 0 Å². The molecule has 0 fully saturated rings. The van der Waals surface area contributed by atoms with Gasteiger partial charge in [0.25, 0.3) is 0 Å². The number of aryl methyl sites for hydroxylation is 2. The quantitative estimate of drug-likeness (QED) is 0.409. The highest BCUT2D eigenvalue weighted by atomic mass is 32.2. The van der Waals surface area contributed by atoms with Gasteiger partial charge in [-0.3, -0.25) is 0 Å². The summed E-state index contributed by atoms with van der Waals surface area (Å²) in [6.07, 6.45) is -4.35. The van der Waals surface area contributed by atoms with Gasteiger partial charge in [0, 0.05) is 6.54 Å². The summed E-state index contributed by atoms with van der Waals surface area (Å²) in [6.45, 7) is 1.62. The fourth-order valence-corrected chi connectivity index (χ4v) is 3.72. The zero-order chi connectivity index (χ0) is 21.8. The van der Waals surface area contributed by atoms with Crippen molar-refractivity contribution in [2.75, 3.05) is 13.7 Å². The summed E-state index contributed by atoms with van der Waals surface area (Å²) in [5.41, 5.74) is -0.350. The van der Waals surface area contributed by atoms with Gasteiger partial charge < -0.3 is 4.74 Å². The molecule has 5 nitrogen and oxygen atoms in total. The Morgan fingerprint density at radius 2 is 1.83 bits per heavy atom. The van der Waals surface area contributed by atoms with Crippen molar-refractivity contribution < 1.29 is 35.5 Å². The minimum Gasteiger partial charge on any atom is -0.465 e. The third kappa shape index (κ3) is 5.77. The van der Waals surface area contributed by atoms with E-state index in [1.165, 1.54) is 25.3 Å². The van der Waals surface area contributed by atoms with E-state index in [1.54, 1.807) is 6.92 Å². The molecule has 0 spiro atoms. The Morgan fingerprint density at radius 1 is 1.14 bits per heavy atom. The molecule has 0 radical (unpaired) electrons. The molecule has 2 rings (SSSR count). The number of alkyl halides is 3. The van der Waals surface area contributed by atoms with Crippen LogP contribution in [0.15, 0.2) is 41.3 Å². The first-order valence-corrected chi connectivity index (χ1v) is 9.98. The SMILES string of the molecule is COC(=O)c1cc(S(=O)(=O)NCCCc2ccc(C(F)(F)F)c(F)c2)ccc1C. The van der Waals surface area contributed by atoms with Crippen LogP contribution < -0.4 is 4.72 Å². The number of nitrogens with one attached hydrogen (secondary N) is 1. The molecule has 0 amide bonds. The number of hydrogen-bond acceptors (Lipinski definition) is 4. The van der Waals surface area contributed by atoms with Gasteiger partial charge in [0.15, 0.2) is 0 Å². The lowest BCUT2D eigenvalue weighted by Gasteiger charge is -2.11. The van der Waals surface area contributed by atoms with Gasteiger partial charge in [-0.2, -0.15) is 13.2 Å². The molecular formula is C19H19F4NO4S. The van der Waals surface area contributed by atoms with Crippen LogP contribution in [0.25, 0.3) is 0 Å². The van der Waals surface area contributed by atoms with Gasteiger partial charge in [-0.1, -0.05) is 12.1 Å². The Balaban J connectivity index is 2.00. The second-order valence-electron chi connectivity index (χ2n) is 6.28. The second kappa shape index (κ2) is 8.91. The molecule has 0 aliphatic rings. The first-order valence-electron chi connectivity index (χ1n) is 8.50. The number of sulfonamides is 1. The fourth-order valence-electron chi connectivity index (χ4n) is 2.62. The first-order chi connectivity index (χ1) is 13.5. The lowest BCUT2D eigenvalue weighted by atomic mass is 10.1. The van der Waals surface area contributed by atoms with Crippen molar-refractivity contribution in [2.45, 2.75) is 30.8 Å². The Hall–Kier alpha value is -2.46. The summed E-state index contributed by atoms with van der Waals surface area (Å²) in [5, 5.41) is 0. The molecule has 10 heteroatoms. The van der Waals surface area contributed by atoms with Crippen LogP contribution in [0, 0.1) is 12.7 Å².